The van der Waals surface area contributed by atoms with Gasteiger partial charge in [-0.2, -0.15) is 4.98 Å². The van der Waals surface area contributed by atoms with Gasteiger partial charge in [0.2, 0.25) is 5.89 Å². The fourth-order valence-electron chi connectivity index (χ4n) is 1.92. The molecule has 3 N–H and O–H groups in total. The van der Waals surface area contributed by atoms with Crippen molar-refractivity contribution in [2.75, 3.05) is 6.54 Å². The molecule has 19 heavy (non-hydrogen) atoms. The number of nitrogens with one attached hydrogen (secondary N) is 1. The Hall–Kier alpha value is -2.08. The van der Waals surface area contributed by atoms with Crippen LogP contribution in [0.2, 0.25) is 0 Å². The van der Waals surface area contributed by atoms with Crippen LogP contribution >= 0.6 is 0 Å². The molecule has 0 bridgehead atoms. The number of hydrogen-bond donors (Lipinski definition) is 3. The number of hydrogen-bond acceptors (Lipinski definition) is 6. The van der Waals surface area contributed by atoms with Crippen LogP contribution in [0.4, 0.5) is 0 Å². The van der Waals surface area contributed by atoms with Crippen LogP contribution in [0.1, 0.15) is 30.2 Å². The van der Waals surface area contributed by atoms with Gasteiger partial charge in [-0.05, 0) is 26.0 Å². The van der Waals surface area contributed by atoms with E-state index >= 15 is 0 Å². The van der Waals surface area contributed by atoms with Crippen molar-refractivity contribution in [2.45, 2.75) is 26.3 Å². The SMILES string of the molecule is Cc1noc(CCNC(C)c2c(O)cccc2O)n1. The molecule has 1 unspecified atom stereocenters. The Labute approximate surface area is 111 Å². The van der Waals surface area contributed by atoms with Gasteiger partial charge in [-0.25, -0.2) is 0 Å². The summed E-state index contributed by atoms with van der Waals surface area (Å²) < 4.78 is 5.00. The van der Waals surface area contributed by atoms with Gasteiger partial charge in [0, 0.05) is 19.0 Å². The largest absolute Gasteiger partial charge is 0.507 e. The van der Waals surface area contributed by atoms with E-state index in [0.29, 0.717) is 30.2 Å². The van der Waals surface area contributed by atoms with E-state index in [1.807, 2.05) is 6.92 Å². The van der Waals surface area contributed by atoms with Gasteiger partial charge in [-0.15, -0.1) is 0 Å². The van der Waals surface area contributed by atoms with Crippen LogP contribution < -0.4 is 5.32 Å². The zero-order valence-corrected chi connectivity index (χ0v) is 10.9. The molecule has 0 radical (unpaired) electrons. The smallest absolute Gasteiger partial charge is 0.227 e. The third-order valence-electron chi connectivity index (χ3n) is 2.85. The standard InChI is InChI=1S/C13H17N3O3/c1-8(13-10(17)4-3-5-11(13)18)14-7-6-12-15-9(2)16-19-12/h3-5,8,14,17-18H,6-7H2,1-2H3. The van der Waals surface area contributed by atoms with Crippen molar-refractivity contribution in [1.82, 2.24) is 15.5 Å². The summed E-state index contributed by atoms with van der Waals surface area (Å²) in [7, 11) is 0. The Morgan fingerprint density at radius 1 is 1.32 bits per heavy atom. The molecule has 102 valence electrons. The fraction of sp³-hybridized carbons (Fsp3) is 0.385. The Bertz CT molecular complexity index is 534. The van der Waals surface area contributed by atoms with Crippen molar-refractivity contribution in [3.63, 3.8) is 0 Å². The summed E-state index contributed by atoms with van der Waals surface area (Å²) in [6.45, 7) is 4.24. The number of aromatic nitrogens is 2. The first-order valence-electron chi connectivity index (χ1n) is 6.11. The summed E-state index contributed by atoms with van der Waals surface area (Å²) in [5.74, 6) is 1.34. The third kappa shape index (κ3) is 3.23. The Morgan fingerprint density at radius 3 is 2.58 bits per heavy atom. The van der Waals surface area contributed by atoms with Gasteiger partial charge >= 0.3 is 0 Å². The maximum Gasteiger partial charge on any atom is 0.227 e. The molecular weight excluding hydrogens is 246 g/mol. The molecule has 0 aliphatic carbocycles. The molecule has 6 nitrogen and oxygen atoms in total. The minimum Gasteiger partial charge on any atom is -0.507 e. The minimum absolute atomic E-state index is 0.0774. The first-order valence-corrected chi connectivity index (χ1v) is 6.11. The number of nitrogens with zero attached hydrogens (tertiary/aromatic N) is 2. The van der Waals surface area contributed by atoms with Crippen LogP contribution in [0, 0.1) is 6.92 Å². The van der Waals surface area contributed by atoms with Crippen LogP contribution in [0.3, 0.4) is 0 Å². The molecule has 2 aromatic rings. The molecule has 0 aliphatic rings. The zero-order valence-electron chi connectivity index (χ0n) is 10.9. The number of rotatable bonds is 5. The van der Waals surface area contributed by atoms with Crippen molar-refractivity contribution < 1.29 is 14.7 Å². The summed E-state index contributed by atoms with van der Waals surface area (Å²) in [4.78, 5) is 4.10. The quantitative estimate of drug-likeness (QED) is 0.760. The number of benzene rings is 1. The van der Waals surface area contributed by atoms with Gasteiger partial charge in [0.05, 0.1) is 5.56 Å². The lowest BCUT2D eigenvalue weighted by atomic mass is 10.1. The highest BCUT2D eigenvalue weighted by molar-refractivity contribution is 5.44. The third-order valence-corrected chi connectivity index (χ3v) is 2.85. The van der Waals surface area contributed by atoms with Crippen LogP contribution in [0.5, 0.6) is 11.5 Å². The molecular formula is C13H17N3O3. The minimum atomic E-state index is -0.176. The molecule has 2 rings (SSSR count). The molecule has 6 heteroatoms. The van der Waals surface area contributed by atoms with Crippen LogP contribution in [0.25, 0.3) is 0 Å². The highest BCUT2D eigenvalue weighted by Crippen LogP contribution is 2.31. The van der Waals surface area contributed by atoms with E-state index in [9.17, 15) is 10.2 Å². The van der Waals surface area contributed by atoms with Gasteiger partial charge in [-0.3, -0.25) is 0 Å². The molecule has 1 heterocycles. The summed E-state index contributed by atoms with van der Waals surface area (Å²) in [6.07, 6.45) is 0.597. The van der Waals surface area contributed by atoms with Crippen molar-refractivity contribution in [2.24, 2.45) is 0 Å². The Morgan fingerprint density at radius 2 is 2.00 bits per heavy atom. The summed E-state index contributed by atoms with van der Waals surface area (Å²) >= 11 is 0. The Balaban J connectivity index is 1.92. The van der Waals surface area contributed by atoms with Crippen molar-refractivity contribution in [3.8, 4) is 11.5 Å². The maximum absolute atomic E-state index is 9.74. The second kappa shape index (κ2) is 5.71. The predicted molar refractivity (Wildman–Crippen MR) is 68.9 cm³/mol. The lowest BCUT2D eigenvalue weighted by molar-refractivity contribution is 0.368. The number of phenols is 2. The molecule has 0 aliphatic heterocycles. The van der Waals surface area contributed by atoms with Crippen LogP contribution in [-0.4, -0.2) is 26.9 Å². The molecule has 0 spiro atoms. The summed E-state index contributed by atoms with van der Waals surface area (Å²) in [6, 6.07) is 4.52. The fourth-order valence-corrected chi connectivity index (χ4v) is 1.92. The molecule has 0 amide bonds. The highest BCUT2D eigenvalue weighted by atomic mass is 16.5. The average molecular weight is 263 g/mol. The molecule has 0 fully saturated rings. The predicted octanol–water partition coefficient (Wildman–Crippen LogP) is 1.68. The first-order chi connectivity index (χ1) is 9.08. The molecule has 0 saturated heterocycles. The summed E-state index contributed by atoms with van der Waals surface area (Å²) in [5.41, 5.74) is 0.490. The van der Waals surface area contributed by atoms with E-state index < -0.39 is 0 Å². The molecule has 0 saturated carbocycles. The van der Waals surface area contributed by atoms with E-state index in [0.717, 1.165) is 0 Å². The second-order valence-electron chi connectivity index (χ2n) is 4.37. The van der Waals surface area contributed by atoms with Crippen LogP contribution in [0.15, 0.2) is 22.7 Å². The van der Waals surface area contributed by atoms with Gasteiger partial charge in [0.1, 0.15) is 11.5 Å². The number of aryl methyl sites for hydroxylation is 1. The van der Waals surface area contributed by atoms with E-state index in [-0.39, 0.29) is 17.5 Å². The van der Waals surface area contributed by atoms with Crippen molar-refractivity contribution >= 4 is 0 Å². The molecule has 1 aromatic heterocycles. The van der Waals surface area contributed by atoms with E-state index in [1.54, 1.807) is 25.1 Å². The highest BCUT2D eigenvalue weighted by Gasteiger charge is 2.14. The topological polar surface area (TPSA) is 91.4 Å². The number of aromatic hydroxyl groups is 2. The lowest BCUT2D eigenvalue weighted by Gasteiger charge is -2.16. The molecule has 1 atom stereocenters. The van der Waals surface area contributed by atoms with Crippen molar-refractivity contribution in [1.29, 1.82) is 0 Å². The van der Waals surface area contributed by atoms with Gasteiger partial charge < -0.3 is 20.1 Å². The zero-order chi connectivity index (χ0) is 13.8. The number of phenolic OH excluding ortho intramolecular Hbond substituents is 2. The lowest BCUT2D eigenvalue weighted by Crippen LogP contribution is -2.21. The van der Waals surface area contributed by atoms with E-state index in [2.05, 4.69) is 15.5 Å². The normalized spacial score (nSPS) is 12.5. The first kappa shape index (κ1) is 13.4. The monoisotopic (exact) mass is 263 g/mol. The maximum atomic E-state index is 9.74. The van der Waals surface area contributed by atoms with E-state index in [1.165, 1.54) is 0 Å². The molecule has 1 aromatic carbocycles. The van der Waals surface area contributed by atoms with Crippen molar-refractivity contribution in [3.05, 3.63) is 35.5 Å². The van der Waals surface area contributed by atoms with Gasteiger partial charge in [-0.1, -0.05) is 11.2 Å². The average Bonchev–Trinajstić information content (AvgIpc) is 2.75. The van der Waals surface area contributed by atoms with Gasteiger partial charge in [0.15, 0.2) is 5.82 Å². The summed E-state index contributed by atoms with van der Waals surface area (Å²) in [5, 5.41) is 26.4. The Kier molecular flexibility index (Phi) is 4.01. The van der Waals surface area contributed by atoms with Gasteiger partial charge in [0.25, 0.3) is 0 Å². The second-order valence-corrected chi connectivity index (χ2v) is 4.37. The van der Waals surface area contributed by atoms with E-state index in [4.69, 9.17) is 4.52 Å². The van der Waals surface area contributed by atoms with Crippen LogP contribution in [-0.2, 0) is 6.42 Å².